The van der Waals surface area contributed by atoms with Gasteiger partial charge in [-0.3, -0.25) is 0 Å². The van der Waals surface area contributed by atoms with Crippen molar-refractivity contribution in [3.63, 3.8) is 0 Å². The highest BCUT2D eigenvalue weighted by Crippen LogP contribution is 2.32. The molecule has 1 aliphatic rings. The summed E-state index contributed by atoms with van der Waals surface area (Å²) in [6.07, 6.45) is 1.32. The predicted octanol–water partition coefficient (Wildman–Crippen LogP) is 4.43. The van der Waals surface area contributed by atoms with Crippen molar-refractivity contribution in [2.24, 2.45) is 11.8 Å². The van der Waals surface area contributed by atoms with E-state index >= 15 is 0 Å². The van der Waals surface area contributed by atoms with E-state index in [-0.39, 0.29) is 0 Å². The predicted molar refractivity (Wildman–Crippen MR) is 91.3 cm³/mol. The first-order valence-corrected chi connectivity index (χ1v) is 8.53. The fraction of sp³-hybridized carbons (Fsp3) is 0.647. The van der Waals surface area contributed by atoms with Crippen LogP contribution in [-0.4, -0.2) is 19.1 Å². The molecule has 1 fully saturated rings. The first kappa shape index (κ1) is 15.8. The second kappa shape index (κ2) is 6.95. The molecule has 1 aliphatic heterocycles. The van der Waals surface area contributed by atoms with Gasteiger partial charge in [-0.2, -0.15) is 0 Å². The van der Waals surface area contributed by atoms with E-state index in [1.54, 1.807) is 0 Å². The van der Waals surface area contributed by atoms with Gasteiger partial charge in [0.05, 0.1) is 0 Å². The quantitative estimate of drug-likeness (QED) is 0.854. The topological polar surface area (TPSA) is 15.3 Å². The van der Waals surface area contributed by atoms with E-state index in [2.05, 4.69) is 72.0 Å². The number of nitrogens with one attached hydrogen (secondary N) is 1. The minimum atomic E-state index is 0.517. The Morgan fingerprint density at radius 1 is 1.30 bits per heavy atom. The maximum absolute atomic E-state index is 3.60. The van der Waals surface area contributed by atoms with E-state index < -0.39 is 0 Å². The summed E-state index contributed by atoms with van der Waals surface area (Å²) in [6, 6.07) is 7.21. The number of halogens is 1. The molecule has 20 heavy (non-hydrogen) atoms. The minimum Gasteiger partial charge on any atom is -0.371 e. The highest BCUT2D eigenvalue weighted by Gasteiger charge is 2.26. The number of benzene rings is 1. The molecule has 1 atom stereocenters. The molecular formula is C17H27BrN2. The van der Waals surface area contributed by atoms with E-state index in [1.165, 1.54) is 35.2 Å². The summed E-state index contributed by atoms with van der Waals surface area (Å²) in [7, 11) is 0. The van der Waals surface area contributed by atoms with Crippen LogP contribution >= 0.6 is 15.9 Å². The van der Waals surface area contributed by atoms with Crippen LogP contribution in [0.5, 0.6) is 0 Å². The summed E-state index contributed by atoms with van der Waals surface area (Å²) in [5.74, 6) is 1.62. The zero-order valence-corrected chi connectivity index (χ0v) is 14.7. The van der Waals surface area contributed by atoms with Gasteiger partial charge in [0.1, 0.15) is 0 Å². The van der Waals surface area contributed by atoms with E-state index in [9.17, 15) is 0 Å². The van der Waals surface area contributed by atoms with Crippen LogP contribution in [0.25, 0.3) is 0 Å². The lowest BCUT2D eigenvalue weighted by atomic mass is 9.95. The summed E-state index contributed by atoms with van der Waals surface area (Å²) in [5.41, 5.74) is 2.81. The van der Waals surface area contributed by atoms with Gasteiger partial charge in [0.15, 0.2) is 0 Å². The standard InChI is InChI=1S/C17H27BrN2/c1-12(2)14-7-8-20(11-14)17-6-5-16(18)9-15(17)10-19-13(3)4/h5-6,9,12-14,19H,7-8,10-11H2,1-4H3. The van der Waals surface area contributed by atoms with Crippen LogP contribution in [-0.2, 0) is 6.54 Å². The van der Waals surface area contributed by atoms with Crippen LogP contribution < -0.4 is 10.2 Å². The molecule has 0 spiro atoms. The third kappa shape index (κ3) is 3.98. The number of hydrogen-bond acceptors (Lipinski definition) is 2. The highest BCUT2D eigenvalue weighted by atomic mass is 79.9. The van der Waals surface area contributed by atoms with Crippen LogP contribution in [0, 0.1) is 11.8 Å². The second-order valence-corrected chi connectivity index (χ2v) is 7.46. The van der Waals surface area contributed by atoms with E-state index in [4.69, 9.17) is 0 Å². The Hall–Kier alpha value is -0.540. The number of nitrogens with zero attached hydrogens (tertiary/aromatic N) is 1. The van der Waals surface area contributed by atoms with E-state index in [0.29, 0.717) is 6.04 Å². The van der Waals surface area contributed by atoms with Crippen LogP contribution in [0.15, 0.2) is 22.7 Å². The van der Waals surface area contributed by atoms with Gasteiger partial charge >= 0.3 is 0 Å². The summed E-state index contributed by atoms with van der Waals surface area (Å²) in [4.78, 5) is 2.56. The van der Waals surface area contributed by atoms with E-state index in [1.807, 2.05) is 0 Å². The number of rotatable bonds is 5. The molecule has 0 amide bonds. The Kier molecular flexibility index (Phi) is 5.50. The molecule has 0 aliphatic carbocycles. The zero-order valence-electron chi connectivity index (χ0n) is 13.1. The molecular weight excluding hydrogens is 312 g/mol. The summed E-state index contributed by atoms with van der Waals surface area (Å²) in [5, 5.41) is 3.54. The van der Waals surface area contributed by atoms with Crippen molar-refractivity contribution in [3.05, 3.63) is 28.2 Å². The van der Waals surface area contributed by atoms with Crippen molar-refractivity contribution in [1.29, 1.82) is 0 Å². The molecule has 0 bridgehead atoms. The molecule has 2 nitrogen and oxygen atoms in total. The Morgan fingerprint density at radius 2 is 2.05 bits per heavy atom. The van der Waals surface area contributed by atoms with Gasteiger partial charge < -0.3 is 10.2 Å². The first-order valence-electron chi connectivity index (χ1n) is 7.74. The summed E-state index contributed by atoms with van der Waals surface area (Å²) >= 11 is 3.60. The average Bonchev–Trinajstić information content (AvgIpc) is 2.86. The summed E-state index contributed by atoms with van der Waals surface area (Å²) < 4.78 is 1.17. The van der Waals surface area contributed by atoms with Gasteiger partial charge in [-0.05, 0) is 42.0 Å². The van der Waals surface area contributed by atoms with Crippen molar-refractivity contribution >= 4 is 21.6 Å². The molecule has 2 rings (SSSR count). The molecule has 1 saturated heterocycles. The monoisotopic (exact) mass is 338 g/mol. The van der Waals surface area contributed by atoms with Crippen molar-refractivity contribution in [2.45, 2.75) is 46.7 Å². The lowest BCUT2D eigenvalue weighted by molar-refractivity contribution is 0.422. The fourth-order valence-corrected chi connectivity index (χ4v) is 3.28. The van der Waals surface area contributed by atoms with Gasteiger partial charge in [0, 0.05) is 35.8 Å². The SMILES string of the molecule is CC(C)NCc1cc(Br)ccc1N1CCC(C(C)C)C1. The zero-order chi connectivity index (χ0) is 14.7. The summed E-state index contributed by atoms with van der Waals surface area (Å²) in [6.45, 7) is 12.4. The molecule has 1 aromatic carbocycles. The Labute approximate surface area is 132 Å². The maximum atomic E-state index is 3.60. The van der Waals surface area contributed by atoms with Crippen molar-refractivity contribution in [3.8, 4) is 0 Å². The van der Waals surface area contributed by atoms with Crippen LogP contribution in [0.1, 0.15) is 39.7 Å². The molecule has 1 heterocycles. The van der Waals surface area contributed by atoms with Gasteiger partial charge in [0.2, 0.25) is 0 Å². The second-order valence-electron chi connectivity index (χ2n) is 6.55. The Balaban J connectivity index is 2.14. The van der Waals surface area contributed by atoms with Crippen molar-refractivity contribution < 1.29 is 0 Å². The molecule has 0 saturated carbocycles. The maximum Gasteiger partial charge on any atom is 0.0412 e. The fourth-order valence-electron chi connectivity index (χ4n) is 2.87. The smallest absolute Gasteiger partial charge is 0.0412 e. The third-order valence-electron chi connectivity index (χ3n) is 4.25. The van der Waals surface area contributed by atoms with Gasteiger partial charge in [-0.25, -0.2) is 0 Å². The molecule has 3 heteroatoms. The highest BCUT2D eigenvalue weighted by molar-refractivity contribution is 9.10. The molecule has 1 unspecified atom stereocenters. The third-order valence-corrected chi connectivity index (χ3v) is 4.74. The average molecular weight is 339 g/mol. The Bertz CT molecular complexity index is 443. The lowest BCUT2D eigenvalue weighted by Crippen LogP contribution is -2.26. The lowest BCUT2D eigenvalue weighted by Gasteiger charge is -2.24. The van der Waals surface area contributed by atoms with Crippen LogP contribution in [0.2, 0.25) is 0 Å². The van der Waals surface area contributed by atoms with Crippen molar-refractivity contribution in [1.82, 2.24) is 5.32 Å². The van der Waals surface area contributed by atoms with Crippen LogP contribution in [0.4, 0.5) is 5.69 Å². The number of hydrogen-bond donors (Lipinski definition) is 1. The minimum absolute atomic E-state index is 0.517. The molecule has 0 radical (unpaired) electrons. The molecule has 1 aromatic rings. The van der Waals surface area contributed by atoms with Crippen molar-refractivity contribution in [2.75, 3.05) is 18.0 Å². The van der Waals surface area contributed by atoms with Gasteiger partial charge in [0.25, 0.3) is 0 Å². The van der Waals surface area contributed by atoms with Gasteiger partial charge in [-0.15, -0.1) is 0 Å². The van der Waals surface area contributed by atoms with Gasteiger partial charge in [-0.1, -0.05) is 43.6 Å². The molecule has 1 N–H and O–H groups in total. The molecule has 112 valence electrons. The van der Waals surface area contributed by atoms with Crippen LogP contribution in [0.3, 0.4) is 0 Å². The number of anilines is 1. The molecule has 0 aromatic heterocycles. The largest absolute Gasteiger partial charge is 0.371 e. The first-order chi connectivity index (χ1) is 9.47. The van der Waals surface area contributed by atoms with E-state index in [0.717, 1.165) is 18.4 Å². The Morgan fingerprint density at radius 3 is 2.65 bits per heavy atom. The normalized spacial score (nSPS) is 19.4.